The first-order valence-electron chi connectivity index (χ1n) is 12.1. The number of hydrogen-bond donors (Lipinski definition) is 0. The summed E-state index contributed by atoms with van der Waals surface area (Å²) in [5.74, 6) is 2.21. The Labute approximate surface area is 168 Å². The average molecular weight is 371 g/mol. The van der Waals surface area contributed by atoms with Crippen LogP contribution in [0.25, 0.3) is 0 Å². The van der Waals surface area contributed by atoms with Crippen LogP contribution in [-0.4, -0.2) is 5.78 Å². The van der Waals surface area contributed by atoms with Crippen molar-refractivity contribution in [2.75, 3.05) is 0 Å². The lowest BCUT2D eigenvalue weighted by Gasteiger charge is -2.15. The van der Waals surface area contributed by atoms with Crippen LogP contribution in [-0.2, 0) is 4.79 Å². The van der Waals surface area contributed by atoms with Crippen molar-refractivity contribution in [2.24, 2.45) is 11.8 Å². The standard InChI is InChI=1S/C14H28O.C9H20.C2H6/c1-4-7-9-13(10-8-5-2)11-12-14(15)6-3;1-4-6-8-9(3)7-5-2;1-2/h13H,4-12H2,1-3H3;9H,4-8H2,1-3H3;1-2H3. The predicted molar refractivity (Wildman–Crippen MR) is 122 cm³/mol. The molecule has 0 spiro atoms. The van der Waals surface area contributed by atoms with Gasteiger partial charge in [0.1, 0.15) is 5.78 Å². The zero-order valence-electron chi connectivity index (χ0n) is 20.0. The first-order chi connectivity index (χ1) is 12.5. The van der Waals surface area contributed by atoms with E-state index in [0.717, 1.165) is 24.7 Å². The van der Waals surface area contributed by atoms with Crippen LogP contribution in [0.3, 0.4) is 0 Å². The highest BCUT2D eigenvalue weighted by Crippen LogP contribution is 2.21. The van der Waals surface area contributed by atoms with E-state index in [2.05, 4.69) is 34.6 Å². The van der Waals surface area contributed by atoms with Gasteiger partial charge in [0.05, 0.1) is 0 Å². The normalized spacial score (nSPS) is 11.3. The van der Waals surface area contributed by atoms with E-state index in [9.17, 15) is 4.79 Å². The molecule has 1 heteroatoms. The number of Topliss-reactive ketones (excluding diaryl/α,β-unsaturated/α-hetero) is 1. The molecule has 0 aliphatic heterocycles. The van der Waals surface area contributed by atoms with Crippen molar-refractivity contribution >= 4 is 5.78 Å². The summed E-state index contributed by atoms with van der Waals surface area (Å²) in [7, 11) is 0. The second-order valence-corrected chi connectivity index (χ2v) is 7.62. The highest BCUT2D eigenvalue weighted by Gasteiger charge is 2.09. The topological polar surface area (TPSA) is 17.1 Å². The van der Waals surface area contributed by atoms with Gasteiger partial charge in [-0.1, -0.05) is 126 Å². The minimum atomic E-state index is 0.438. The Hall–Kier alpha value is -0.330. The van der Waals surface area contributed by atoms with E-state index < -0.39 is 0 Å². The highest BCUT2D eigenvalue weighted by atomic mass is 16.1. The van der Waals surface area contributed by atoms with Gasteiger partial charge < -0.3 is 0 Å². The van der Waals surface area contributed by atoms with Crippen molar-refractivity contribution in [1.82, 2.24) is 0 Å². The van der Waals surface area contributed by atoms with E-state index in [1.165, 1.54) is 70.6 Å². The fourth-order valence-electron chi connectivity index (χ4n) is 3.15. The maximum Gasteiger partial charge on any atom is 0.132 e. The first kappa shape index (κ1) is 30.4. The minimum Gasteiger partial charge on any atom is -0.300 e. The zero-order chi connectivity index (χ0) is 20.6. The van der Waals surface area contributed by atoms with Crippen molar-refractivity contribution < 1.29 is 4.79 Å². The summed E-state index contributed by atoms with van der Waals surface area (Å²) in [6.07, 6.45) is 17.5. The molecule has 0 aromatic rings. The first-order valence-corrected chi connectivity index (χ1v) is 12.1. The summed E-state index contributed by atoms with van der Waals surface area (Å²) in [5, 5.41) is 0. The largest absolute Gasteiger partial charge is 0.300 e. The van der Waals surface area contributed by atoms with Crippen LogP contribution < -0.4 is 0 Å². The summed E-state index contributed by atoms with van der Waals surface area (Å²) in [6, 6.07) is 0. The number of rotatable bonds is 15. The highest BCUT2D eigenvalue weighted by molar-refractivity contribution is 5.77. The molecule has 0 aromatic heterocycles. The molecule has 0 aliphatic rings. The van der Waals surface area contributed by atoms with Gasteiger partial charge in [-0.25, -0.2) is 0 Å². The Kier molecular flexibility index (Phi) is 31.4. The van der Waals surface area contributed by atoms with E-state index in [1.54, 1.807) is 0 Å². The van der Waals surface area contributed by atoms with Crippen LogP contribution in [0.5, 0.6) is 0 Å². The molecule has 0 radical (unpaired) electrons. The molecule has 0 aromatic carbocycles. The predicted octanol–water partition coefficient (Wildman–Crippen LogP) is 9.38. The van der Waals surface area contributed by atoms with Crippen molar-refractivity contribution in [3.63, 3.8) is 0 Å². The summed E-state index contributed by atoms with van der Waals surface area (Å²) in [5.41, 5.74) is 0. The fraction of sp³-hybridized carbons (Fsp3) is 0.960. The quantitative estimate of drug-likeness (QED) is 0.280. The maximum atomic E-state index is 11.3. The molecular formula is C25H54O. The van der Waals surface area contributed by atoms with Crippen LogP contribution in [0.1, 0.15) is 145 Å². The summed E-state index contributed by atoms with van der Waals surface area (Å²) < 4.78 is 0. The molecule has 1 nitrogen and oxygen atoms in total. The molecule has 0 bridgehead atoms. The molecule has 26 heavy (non-hydrogen) atoms. The average Bonchev–Trinajstić information content (AvgIpc) is 2.67. The van der Waals surface area contributed by atoms with Gasteiger partial charge in [-0.15, -0.1) is 0 Å². The van der Waals surface area contributed by atoms with Gasteiger partial charge in [-0.3, -0.25) is 4.79 Å². The summed E-state index contributed by atoms with van der Waals surface area (Å²) in [4.78, 5) is 11.3. The van der Waals surface area contributed by atoms with Crippen molar-refractivity contribution in [3.8, 4) is 0 Å². The lowest BCUT2D eigenvalue weighted by molar-refractivity contribution is -0.119. The van der Waals surface area contributed by atoms with Gasteiger partial charge in [0, 0.05) is 12.8 Å². The van der Waals surface area contributed by atoms with Crippen molar-refractivity contribution in [3.05, 3.63) is 0 Å². The SMILES string of the molecule is CC.CCCCC(C)CCC.CCCCC(CCCC)CCC(=O)CC. The van der Waals surface area contributed by atoms with E-state index in [0.29, 0.717) is 12.2 Å². The Morgan fingerprint density at radius 2 is 1.12 bits per heavy atom. The lowest BCUT2D eigenvalue weighted by atomic mass is 9.90. The Morgan fingerprint density at radius 1 is 0.654 bits per heavy atom. The lowest BCUT2D eigenvalue weighted by Crippen LogP contribution is -2.05. The van der Waals surface area contributed by atoms with Crippen LogP contribution in [0.2, 0.25) is 0 Å². The number of carbonyl (C=O) groups excluding carboxylic acids is 1. The van der Waals surface area contributed by atoms with E-state index in [-0.39, 0.29) is 0 Å². The number of carbonyl (C=O) groups is 1. The zero-order valence-corrected chi connectivity index (χ0v) is 20.0. The van der Waals surface area contributed by atoms with Gasteiger partial charge >= 0.3 is 0 Å². The number of hydrogen-bond acceptors (Lipinski definition) is 1. The molecule has 0 aliphatic carbocycles. The fourth-order valence-corrected chi connectivity index (χ4v) is 3.15. The second kappa shape index (κ2) is 26.9. The monoisotopic (exact) mass is 370 g/mol. The van der Waals surface area contributed by atoms with Crippen LogP contribution in [0.15, 0.2) is 0 Å². The van der Waals surface area contributed by atoms with E-state index in [1.807, 2.05) is 20.8 Å². The van der Waals surface area contributed by atoms with Crippen LogP contribution in [0.4, 0.5) is 0 Å². The molecule has 1 unspecified atom stereocenters. The van der Waals surface area contributed by atoms with E-state index in [4.69, 9.17) is 0 Å². The van der Waals surface area contributed by atoms with Gasteiger partial charge in [0.2, 0.25) is 0 Å². The van der Waals surface area contributed by atoms with E-state index >= 15 is 0 Å². The van der Waals surface area contributed by atoms with Crippen molar-refractivity contribution in [1.29, 1.82) is 0 Å². The Morgan fingerprint density at radius 3 is 1.50 bits per heavy atom. The van der Waals surface area contributed by atoms with Crippen molar-refractivity contribution in [2.45, 2.75) is 145 Å². The third kappa shape index (κ3) is 25.9. The van der Waals surface area contributed by atoms with Crippen LogP contribution >= 0.6 is 0 Å². The molecule has 0 saturated carbocycles. The second-order valence-electron chi connectivity index (χ2n) is 7.62. The number of unbranched alkanes of at least 4 members (excludes halogenated alkanes) is 3. The van der Waals surface area contributed by atoms with Gasteiger partial charge in [0.15, 0.2) is 0 Å². The molecule has 0 fully saturated rings. The molecule has 0 N–H and O–H groups in total. The van der Waals surface area contributed by atoms with Crippen LogP contribution in [0, 0.1) is 11.8 Å². The molecule has 160 valence electrons. The summed E-state index contributed by atoms with van der Waals surface area (Å²) >= 11 is 0. The van der Waals surface area contributed by atoms with Gasteiger partial charge in [-0.2, -0.15) is 0 Å². The molecule has 1 atom stereocenters. The van der Waals surface area contributed by atoms with Gasteiger partial charge in [-0.05, 0) is 18.3 Å². The Balaban J connectivity index is -0.000000411. The molecular weight excluding hydrogens is 316 g/mol. The maximum absolute atomic E-state index is 11.3. The van der Waals surface area contributed by atoms with Gasteiger partial charge in [0.25, 0.3) is 0 Å². The molecule has 0 saturated heterocycles. The molecule has 0 rings (SSSR count). The third-order valence-electron chi connectivity index (χ3n) is 4.99. The third-order valence-corrected chi connectivity index (χ3v) is 4.99. The number of ketones is 1. The smallest absolute Gasteiger partial charge is 0.132 e. The summed E-state index contributed by atoms with van der Waals surface area (Å²) in [6.45, 7) is 17.3. The molecule has 0 amide bonds. The Bertz CT molecular complexity index is 239. The minimum absolute atomic E-state index is 0.438. The molecule has 0 heterocycles.